The summed E-state index contributed by atoms with van der Waals surface area (Å²) in [6, 6.07) is 7.27. The molecule has 1 aromatic carbocycles. The normalized spacial score (nSPS) is 20.8. The van der Waals surface area contributed by atoms with E-state index in [1.54, 1.807) is 19.1 Å². The Kier molecular flexibility index (Phi) is 6.53. The summed E-state index contributed by atoms with van der Waals surface area (Å²) in [6.45, 7) is 7.02. The van der Waals surface area contributed by atoms with Crippen molar-refractivity contribution in [3.8, 4) is 23.0 Å². The molecule has 2 atom stereocenters. The second-order valence-corrected chi connectivity index (χ2v) is 9.29. The summed E-state index contributed by atoms with van der Waals surface area (Å²) in [5.41, 5.74) is 0.635. The molecule has 2 N–H and O–H groups in total. The molecule has 1 amide bonds. The van der Waals surface area contributed by atoms with E-state index in [0.29, 0.717) is 49.0 Å². The number of hydrogen-bond donors (Lipinski definition) is 2. The number of rotatable bonds is 5. The number of piperidine rings is 1. The van der Waals surface area contributed by atoms with Gasteiger partial charge in [0.05, 0.1) is 18.8 Å². The highest BCUT2D eigenvalue weighted by atomic mass is 16.5. The standard InChI is InChI=1S/C26H30N2O7/c1-15-23(29)16(2)26(31)35-24(15)21-11-18-10-19(5-6-20(18)34-21)33-14-17-4-3-8-28(13-17)25(30)22-12-27-7-9-32-22/h5-6,10-11,17,22,27,29H,3-4,7-9,12-14H2,1-2H3. The Bertz CT molecular complexity index is 1290. The molecule has 4 heterocycles. The SMILES string of the molecule is Cc1c(-c2cc3cc(OCC4CCCN(C(=O)C5CNCCO5)C4)ccc3o2)oc(=O)c(C)c1O. The maximum Gasteiger partial charge on any atom is 0.343 e. The number of benzene rings is 1. The molecular formula is C26H30N2O7. The first-order valence-corrected chi connectivity index (χ1v) is 12.0. The van der Waals surface area contributed by atoms with E-state index >= 15 is 0 Å². The van der Waals surface area contributed by atoms with E-state index in [1.165, 1.54) is 6.92 Å². The Morgan fingerprint density at radius 1 is 1.23 bits per heavy atom. The van der Waals surface area contributed by atoms with Gasteiger partial charge in [0.15, 0.2) is 11.5 Å². The number of carbonyl (C=O) groups excluding carboxylic acids is 1. The van der Waals surface area contributed by atoms with E-state index in [9.17, 15) is 14.7 Å². The Hall–Kier alpha value is -3.30. The van der Waals surface area contributed by atoms with Gasteiger partial charge in [-0.2, -0.15) is 0 Å². The number of nitrogens with one attached hydrogen (secondary N) is 1. The monoisotopic (exact) mass is 482 g/mol. The number of furan rings is 1. The molecule has 0 spiro atoms. The Balaban J connectivity index is 1.26. The predicted octanol–water partition coefficient (Wildman–Crippen LogP) is 2.98. The van der Waals surface area contributed by atoms with Gasteiger partial charge in [0.1, 0.15) is 23.2 Å². The van der Waals surface area contributed by atoms with Crippen LogP contribution in [0.3, 0.4) is 0 Å². The third-order valence-electron chi connectivity index (χ3n) is 6.78. The van der Waals surface area contributed by atoms with Crippen molar-refractivity contribution in [3.05, 3.63) is 45.8 Å². The van der Waals surface area contributed by atoms with Crippen LogP contribution in [0.25, 0.3) is 22.5 Å². The smallest absolute Gasteiger partial charge is 0.343 e. The molecule has 35 heavy (non-hydrogen) atoms. The van der Waals surface area contributed by atoms with Crippen LogP contribution < -0.4 is 15.7 Å². The summed E-state index contributed by atoms with van der Waals surface area (Å²) in [5.74, 6) is 1.47. The van der Waals surface area contributed by atoms with Crippen molar-refractivity contribution >= 4 is 16.9 Å². The van der Waals surface area contributed by atoms with E-state index < -0.39 is 11.7 Å². The van der Waals surface area contributed by atoms with Crippen LogP contribution >= 0.6 is 0 Å². The number of morpholine rings is 1. The van der Waals surface area contributed by atoms with Crippen molar-refractivity contribution in [2.24, 2.45) is 5.92 Å². The summed E-state index contributed by atoms with van der Waals surface area (Å²) in [5, 5.41) is 14.2. The number of hydrogen-bond acceptors (Lipinski definition) is 8. The molecule has 2 aliphatic heterocycles. The number of nitrogens with zero attached hydrogens (tertiary/aromatic N) is 1. The molecular weight excluding hydrogens is 452 g/mol. The maximum absolute atomic E-state index is 12.8. The van der Waals surface area contributed by atoms with Crippen LogP contribution in [0.4, 0.5) is 0 Å². The van der Waals surface area contributed by atoms with Crippen LogP contribution in [-0.2, 0) is 9.53 Å². The van der Waals surface area contributed by atoms with Crippen LogP contribution in [-0.4, -0.2) is 61.4 Å². The Morgan fingerprint density at radius 3 is 2.89 bits per heavy atom. The van der Waals surface area contributed by atoms with Gasteiger partial charge in [-0.1, -0.05) is 0 Å². The number of likely N-dealkylation sites (tertiary alicyclic amines) is 1. The van der Waals surface area contributed by atoms with E-state index in [2.05, 4.69) is 5.32 Å². The number of carbonyl (C=O) groups is 1. The lowest BCUT2D eigenvalue weighted by molar-refractivity contribution is -0.147. The minimum Gasteiger partial charge on any atom is -0.507 e. The van der Waals surface area contributed by atoms with Crippen LogP contribution in [0.2, 0.25) is 0 Å². The van der Waals surface area contributed by atoms with Gasteiger partial charge in [-0.25, -0.2) is 4.79 Å². The zero-order valence-electron chi connectivity index (χ0n) is 20.0. The fourth-order valence-corrected chi connectivity index (χ4v) is 4.73. The van der Waals surface area contributed by atoms with Gasteiger partial charge in [0.2, 0.25) is 0 Å². The van der Waals surface area contributed by atoms with Gasteiger partial charge in [-0.3, -0.25) is 4.79 Å². The minimum absolute atomic E-state index is 0.0540. The summed E-state index contributed by atoms with van der Waals surface area (Å²) < 4.78 is 23.0. The molecule has 2 fully saturated rings. The second kappa shape index (κ2) is 9.75. The number of ether oxygens (including phenoxy) is 2. The number of fused-ring (bicyclic) bond motifs is 1. The highest BCUT2D eigenvalue weighted by Crippen LogP contribution is 2.34. The highest BCUT2D eigenvalue weighted by Gasteiger charge is 2.30. The maximum atomic E-state index is 12.8. The average Bonchev–Trinajstić information content (AvgIpc) is 3.31. The molecule has 5 rings (SSSR count). The predicted molar refractivity (Wildman–Crippen MR) is 129 cm³/mol. The molecule has 2 saturated heterocycles. The largest absolute Gasteiger partial charge is 0.507 e. The van der Waals surface area contributed by atoms with Gasteiger partial charge in [-0.15, -0.1) is 0 Å². The van der Waals surface area contributed by atoms with Crippen molar-refractivity contribution in [1.82, 2.24) is 10.2 Å². The molecule has 3 aromatic rings. The summed E-state index contributed by atoms with van der Waals surface area (Å²) >= 11 is 0. The van der Waals surface area contributed by atoms with Crippen molar-refractivity contribution in [2.75, 3.05) is 39.4 Å². The summed E-state index contributed by atoms with van der Waals surface area (Å²) in [7, 11) is 0. The van der Waals surface area contributed by atoms with Crippen molar-refractivity contribution < 1.29 is 28.2 Å². The topological polar surface area (TPSA) is 114 Å². The molecule has 9 nitrogen and oxygen atoms in total. The summed E-state index contributed by atoms with van der Waals surface area (Å²) in [6.07, 6.45) is 1.54. The van der Waals surface area contributed by atoms with Gasteiger partial charge in [0.25, 0.3) is 5.91 Å². The van der Waals surface area contributed by atoms with E-state index in [4.69, 9.17) is 18.3 Å². The lowest BCUT2D eigenvalue weighted by Gasteiger charge is -2.35. The van der Waals surface area contributed by atoms with E-state index in [-0.39, 0.29) is 28.9 Å². The third kappa shape index (κ3) is 4.78. The molecule has 186 valence electrons. The highest BCUT2D eigenvalue weighted by molar-refractivity contribution is 5.84. The molecule has 0 radical (unpaired) electrons. The summed E-state index contributed by atoms with van der Waals surface area (Å²) in [4.78, 5) is 26.7. The van der Waals surface area contributed by atoms with Crippen LogP contribution in [0.5, 0.6) is 11.5 Å². The zero-order valence-corrected chi connectivity index (χ0v) is 20.0. The lowest BCUT2D eigenvalue weighted by atomic mass is 9.98. The van der Waals surface area contributed by atoms with E-state index in [1.807, 2.05) is 17.0 Å². The zero-order chi connectivity index (χ0) is 24.5. The van der Waals surface area contributed by atoms with Gasteiger partial charge in [-0.05, 0) is 51.0 Å². The first kappa shape index (κ1) is 23.4. The van der Waals surface area contributed by atoms with Crippen LogP contribution in [0, 0.1) is 19.8 Å². The Labute approximate surface area is 202 Å². The van der Waals surface area contributed by atoms with Crippen molar-refractivity contribution in [3.63, 3.8) is 0 Å². The Morgan fingerprint density at radius 2 is 2.09 bits per heavy atom. The number of aromatic hydroxyl groups is 1. The molecule has 2 unspecified atom stereocenters. The molecule has 0 saturated carbocycles. The fraction of sp³-hybridized carbons (Fsp3) is 0.462. The van der Waals surface area contributed by atoms with E-state index in [0.717, 1.165) is 31.3 Å². The first-order chi connectivity index (χ1) is 16.9. The molecule has 2 aliphatic rings. The average molecular weight is 483 g/mol. The molecule has 2 aromatic heterocycles. The minimum atomic E-state index is -0.598. The molecule has 9 heteroatoms. The van der Waals surface area contributed by atoms with Crippen molar-refractivity contribution in [2.45, 2.75) is 32.8 Å². The molecule has 0 aliphatic carbocycles. The number of amides is 1. The fourth-order valence-electron chi connectivity index (χ4n) is 4.73. The van der Waals surface area contributed by atoms with Crippen LogP contribution in [0.1, 0.15) is 24.0 Å². The van der Waals surface area contributed by atoms with Crippen molar-refractivity contribution in [1.29, 1.82) is 0 Å². The quantitative estimate of drug-likeness (QED) is 0.571. The second-order valence-electron chi connectivity index (χ2n) is 9.29. The third-order valence-corrected chi connectivity index (χ3v) is 6.78. The van der Waals surface area contributed by atoms with Gasteiger partial charge in [0, 0.05) is 43.0 Å². The van der Waals surface area contributed by atoms with Gasteiger partial charge >= 0.3 is 5.63 Å². The van der Waals surface area contributed by atoms with Gasteiger partial charge < -0.3 is 33.6 Å². The first-order valence-electron chi connectivity index (χ1n) is 12.0. The molecule has 0 bridgehead atoms. The van der Waals surface area contributed by atoms with Crippen LogP contribution in [0.15, 0.2) is 37.9 Å². The lowest BCUT2D eigenvalue weighted by Crippen LogP contribution is -2.52.